The number of carbonyl (C=O) groups excluding carboxylic acids is 1. The summed E-state index contributed by atoms with van der Waals surface area (Å²) in [7, 11) is 0. The molecule has 0 aromatic rings. The van der Waals surface area contributed by atoms with Crippen LogP contribution in [0.25, 0.3) is 0 Å². The zero-order valence-corrected chi connectivity index (χ0v) is 5.68. The molecule has 0 aliphatic carbocycles. The van der Waals surface area contributed by atoms with Crippen molar-refractivity contribution in [2.45, 2.75) is 18.3 Å². The molecule has 0 aromatic heterocycles. The molecule has 1 aliphatic heterocycles. The summed E-state index contributed by atoms with van der Waals surface area (Å²) in [6, 6.07) is 0. The summed E-state index contributed by atoms with van der Waals surface area (Å²) in [4.78, 5) is 10.5. The number of hydrogen-bond donors (Lipinski definition) is 3. The predicted octanol–water partition coefficient (Wildman–Crippen LogP) is -1.89. The molecular formula is C6H9NO4. The molecular weight excluding hydrogens is 150 g/mol. The number of rotatable bonds is 1. The van der Waals surface area contributed by atoms with E-state index in [9.17, 15) is 4.79 Å². The third-order valence-corrected chi connectivity index (χ3v) is 1.44. The highest BCUT2D eigenvalue weighted by molar-refractivity contribution is 5.79. The Morgan fingerprint density at radius 2 is 2.18 bits per heavy atom. The van der Waals surface area contributed by atoms with E-state index in [1.807, 2.05) is 0 Å². The van der Waals surface area contributed by atoms with Gasteiger partial charge in [0.05, 0.1) is 6.26 Å². The SMILES string of the molecule is NC(=O)[C@H]1OC=C[C@@H](O)[C@@H]1O. The van der Waals surface area contributed by atoms with Crippen LogP contribution in [-0.4, -0.2) is 34.4 Å². The summed E-state index contributed by atoms with van der Waals surface area (Å²) >= 11 is 0. The van der Waals surface area contributed by atoms with Crippen LogP contribution in [0.4, 0.5) is 0 Å². The van der Waals surface area contributed by atoms with Gasteiger partial charge in [0, 0.05) is 0 Å². The fourth-order valence-electron chi connectivity index (χ4n) is 0.819. The van der Waals surface area contributed by atoms with Gasteiger partial charge in [0.15, 0.2) is 0 Å². The van der Waals surface area contributed by atoms with Gasteiger partial charge in [-0.15, -0.1) is 0 Å². The average Bonchev–Trinajstić information content (AvgIpc) is 1.94. The van der Waals surface area contributed by atoms with Gasteiger partial charge in [-0.3, -0.25) is 4.79 Å². The van der Waals surface area contributed by atoms with Crippen molar-refractivity contribution in [3.63, 3.8) is 0 Å². The largest absolute Gasteiger partial charge is 0.486 e. The lowest BCUT2D eigenvalue weighted by Gasteiger charge is -2.25. The third-order valence-electron chi connectivity index (χ3n) is 1.44. The summed E-state index contributed by atoms with van der Waals surface area (Å²) < 4.78 is 4.66. The number of amides is 1. The van der Waals surface area contributed by atoms with Crippen LogP contribution in [0.2, 0.25) is 0 Å². The molecule has 5 heteroatoms. The summed E-state index contributed by atoms with van der Waals surface area (Å²) in [5.74, 6) is -0.791. The second kappa shape index (κ2) is 2.89. The molecule has 1 rings (SSSR count). The van der Waals surface area contributed by atoms with Crippen molar-refractivity contribution in [1.82, 2.24) is 0 Å². The first-order chi connectivity index (χ1) is 5.13. The van der Waals surface area contributed by atoms with Gasteiger partial charge < -0.3 is 20.7 Å². The molecule has 1 aliphatic rings. The van der Waals surface area contributed by atoms with Crippen molar-refractivity contribution in [3.05, 3.63) is 12.3 Å². The normalized spacial score (nSPS) is 36.4. The maximum absolute atomic E-state index is 10.5. The summed E-state index contributed by atoms with van der Waals surface area (Å²) in [6.45, 7) is 0. The van der Waals surface area contributed by atoms with E-state index in [2.05, 4.69) is 4.74 Å². The van der Waals surface area contributed by atoms with Crippen LogP contribution in [0.5, 0.6) is 0 Å². The van der Waals surface area contributed by atoms with Gasteiger partial charge in [-0.1, -0.05) is 0 Å². The Morgan fingerprint density at radius 3 is 2.64 bits per heavy atom. The van der Waals surface area contributed by atoms with E-state index in [-0.39, 0.29) is 0 Å². The molecule has 0 spiro atoms. The number of nitrogens with two attached hydrogens (primary N) is 1. The van der Waals surface area contributed by atoms with Gasteiger partial charge in [0.25, 0.3) is 5.91 Å². The number of primary amides is 1. The van der Waals surface area contributed by atoms with E-state index in [4.69, 9.17) is 15.9 Å². The first kappa shape index (κ1) is 8.03. The molecule has 0 fully saturated rings. The second-order valence-electron chi connectivity index (χ2n) is 2.27. The first-order valence-electron chi connectivity index (χ1n) is 3.10. The van der Waals surface area contributed by atoms with Gasteiger partial charge in [0.1, 0.15) is 12.2 Å². The fraction of sp³-hybridized carbons (Fsp3) is 0.500. The fourth-order valence-corrected chi connectivity index (χ4v) is 0.819. The molecule has 5 nitrogen and oxygen atoms in total. The van der Waals surface area contributed by atoms with E-state index in [0.29, 0.717) is 0 Å². The zero-order chi connectivity index (χ0) is 8.43. The van der Waals surface area contributed by atoms with Gasteiger partial charge in [-0.2, -0.15) is 0 Å². The monoisotopic (exact) mass is 159 g/mol. The number of hydrogen-bond acceptors (Lipinski definition) is 4. The summed E-state index contributed by atoms with van der Waals surface area (Å²) in [6.07, 6.45) is -1.11. The predicted molar refractivity (Wildman–Crippen MR) is 35.2 cm³/mol. The molecule has 62 valence electrons. The van der Waals surface area contributed by atoms with Crippen LogP contribution >= 0.6 is 0 Å². The van der Waals surface area contributed by atoms with Crippen LogP contribution in [0.15, 0.2) is 12.3 Å². The summed E-state index contributed by atoms with van der Waals surface area (Å²) in [5, 5.41) is 18.1. The smallest absolute Gasteiger partial charge is 0.261 e. The number of ether oxygens (including phenoxy) is 1. The van der Waals surface area contributed by atoms with Crippen LogP contribution in [0.3, 0.4) is 0 Å². The van der Waals surface area contributed by atoms with Crippen molar-refractivity contribution >= 4 is 5.91 Å². The van der Waals surface area contributed by atoms with Gasteiger partial charge in [-0.25, -0.2) is 0 Å². The lowest BCUT2D eigenvalue weighted by molar-refractivity contribution is -0.138. The van der Waals surface area contributed by atoms with Crippen molar-refractivity contribution in [2.24, 2.45) is 5.73 Å². The molecule has 0 unspecified atom stereocenters. The second-order valence-corrected chi connectivity index (χ2v) is 2.27. The Kier molecular flexibility index (Phi) is 2.11. The standard InChI is InChI=1S/C6H9NO4/c7-6(10)5-4(9)3(8)1-2-11-5/h1-5,8-9H,(H2,7,10)/t3-,4+,5+/m1/s1. The molecule has 3 atom stereocenters. The van der Waals surface area contributed by atoms with Crippen molar-refractivity contribution in [2.75, 3.05) is 0 Å². The van der Waals surface area contributed by atoms with Crippen LogP contribution in [0.1, 0.15) is 0 Å². The van der Waals surface area contributed by atoms with Crippen LogP contribution < -0.4 is 5.73 Å². The minimum absolute atomic E-state index is 0.791. The van der Waals surface area contributed by atoms with Gasteiger partial charge >= 0.3 is 0 Å². The molecule has 0 aromatic carbocycles. The first-order valence-corrected chi connectivity index (χ1v) is 3.10. The highest BCUT2D eigenvalue weighted by atomic mass is 16.5. The van der Waals surface area contributed by atoms with Crippen molar-refractivity contribution in [3.8, 4) is 0 Å². The number of aliphatic hydroxyl groups is 2. The highest BCUT2D eigenvalue weighted by Gasteiger charge is 2.32. The number of carbonyl (C=O) groups is 1. The van der Waals surface area contributed by atoms with E-state index in [1.165, 1.54) is 6.08 Å². The number of aliphatic hydroxyl groups excluding tert-OH is 2. The molecule has 1 heterocycles. The Balaban J connectivity index is 2.70. The van der Waals surface area contributed by atoms with E-state index in [0.717, 1.165) is 6.26 Å². The molecule has 1 amide bonds. The molecule has 0 saturated carbocycles. The quantitative estimate of drug-likeness (QED) is 0.417. The molecule has 0 bridgehead atoms. The average molecular weight is 159 g/mol. The Hall–Kier alpha value is -1.07. The highest BCUT2D eigenvalue weighted by Crippen LogP contribution is 2.11. The lowest BCUT2D eigenvalue weighted by atomic mass is 10.1. The third kappa shape index (κ3) is 1.50. The Morgan fingerprint density at radius 1 is 1.55 bits per heavy atom. The van der Waals surface area contributed by atoms with Crippen LogP contribution in [0, 0.1) is 0 Å². The summed E-state index contributed by atoms with van der Waals surface area (Å²) in [5.41, 5.74) is 4.85. The molecule has 4 N–H and O–H groups in total. The molecule has 0 radical (unpaired) electrons. The van der Waals surface area contributed by atoms with Gasteiger partial charge in [-0.05, 0) is 6.08 Å². The van der Waals surface area contributed by atoms with Crippen molar-refractivity contribution in [1.29, 1.82) is 0 Å². The van der Waals surface area contributed by atoms with E-state index < -0.39 is 24.2 Å². The van der Waals surface area contributed by atoms with E-state index >= 15 is 0 Å². The van der Waals surface area contributed by atoms with E-state index in [1.54, 1.807) is 0 Å². The maximum Gasteiger partial charge on any atom is 0.261 e. The van der Waals surface area contributed by atoms with Crippen LogP contribution in [-0.2, 0) is 9.53 Å². The molecule has 0 saturated heterocycles. The lowest BCUT2D eigenvalue weighted by Crippen LogP contribution is -2.47. The molecule has 11 heavy (non-hydrogen) atoms. The topological polar surface area (TPSA) is 92.8 Å². The van der Waals surface area contributed by atoms with Gasteiger partial charge in [0.2, 0.25) is 6.10 Å². The minimum atomic E-state index is -1.27. The minimum Gasteiger partial charge on any atom is -0.486 e. The van der Waals surface area contributed by atoms with Crippen molar-refractivity contribution < 1.29 is 19.7 Å². The Labute approximate surface area is 63.1 Å². The maximum atomic E-state index is 10.5. The Bertz CT molecular complexity index is 191. The zero-order valence-electron chi connectivity index (χ0n) is 5.68.